The maximum absolute atomic E-state index is 13.3. The zero-order valence-electron chi connectivity index (χ0n) is 13.2. The molecule has 0 aliphatic carbocycles. The molecule has 4 nitrogen and oxygen atoms in total. The molecule has 0 aliphatic rings. The predicted molar refractivity (Wildman–Crippen MR) is 81.8 cm³/mol. The number of carbonyl (C=O) groups excluding carboxylic acids is 1. The maximum Gasteiger partial charge on any atom is 0.258 e. The normalized spacial score (nSPS) is 12.3. The summed E-state index contributed by atoms with van der Waals surface area (Å²) < 4.78 is 18.8. The molecule has 1 unspecified atom stereocenters. The summed E-state index contributed by atoms with van der Waals surface area (Å²) in [5.41, 5.74) is 0.708. The van der Waals surface area contributed by atoms with Gasteiger partial charge in [-0.3, -0.25) is 4.79 Å². The lowest BCUT2D eigenvalue weighted by atomic mass is 10.2. The summed E-state index contributed by atoms with van der Waals surface area (Å²) >= 11 is 0. The lowest BCUT2D eigenvalue weighted by Crippen LogP contribution is -2.35. The van der Waals surface area contributed by atoms with E-state index in [0.29, 0.717) is 17.9 Å². The Morgan fingerprint density at radius 1 is 1.33 bits per heavy atom. The Morgan fingerprint density at radius 2 is 2.05 bits per heavy atom. The molecule has 1 amide bonds. The van der Waals surface area contributed by atoms with Gasteiger partial charge in [0, 0.05) is 24.2 Å². The molecule has 118 valence electrons. The van der Waals surface area contributed by atoms with Gasteiger partial charge in [-0.1, -0.05) is 20.8 Å². The van der Waals surface area contributed by atoms with E-state index in [0.717, 1.165) is 6.42 Å². The number of nitrogens with one attached hydrogen (secondary N) is 2. The molecule has 0 saturated carbocycles. The van der Waals surface area contributed by atoms with Crippen molar-refractivity contribution < 1.29 is 13.9 Å². The van der Waals surface area contributed by atoms with E-state index >= 15 is 0 Å². The summed E-state index contributed by atoms with van der Waals surface area (Å²) in [5, 5.41) is 6.04. The highest BCUT2D eigenvalue weighted by atomic mass is 19.1. The van der Waals surface area contributed by atoms with E-state index in [2.05, 4.69) is 10.6 Å². The Balaban J connectivity index is 2.63. The van der Waals surface area contributed by atoms with Gasteiger partial charge in [0.25, 0.3) is 5.91 Å². The van der Waals surface area contributed by atoms with Crippen LogP contribution in [0.4, 0.5) is 4.39 Å². The van der Waals surface area contributed by atoms with E-state index in [1.165, 1.54) is 12.1 Å². The number of halogens is 1. The first-order valence-electron chi connectivity index (χ1n) is 7.36. The largest absolute Gasteiger partial charge is 0.483 e. The fourth-order valence-corrected chi connectivity index (χ4v) is 1.70. The molecule has 0 bridgehead atoms. The van der Waals surface area contributed by atoms with Crippen LogP contribution in [0.5, 0.6) is 5.75 Å². The number of carbonyl (C=O) groups is 1. The summed E-state index contributed by atoms with van der Waals surface area (Å²) in [6.45, 7) is 8.40. The van der Waals surface area contributed by atoms with Crippen molar-refractivity contribution in [2.75, 3.05) is 6.61 Å². The topological polar surface area (TPSA) is 50.4 Å². The first-order chi connectivity index (χ1) is 9.92. The molecule has 0 radical (unpaired) electrons. The molecular weight excluding hydrogens is 271 g/mol. The highest BCUT2D eigenvalue weighted by Gasteiger charge is 2.10. The Hall–Kier alpha value is -1.62. The average molecular weight is 296 g/mol. The van der Waals surface area contributed by atoms with Crippen molar-refractivity contribution in [3.05, 3.63) is 29.6 Å². The number of rotatable bonds is 8. The van der Waals surface area contributed by atoms with E-state index < -0.39 is 0 Å². The molecule has 0 spiro atoms. The van der Waals surface area contributed by atoms with Crippen molar-refractivity contribution in [3.8, 4) is 5.75 Å². The molecule has 0 heterocycles. The highest BCUT2D eigenvalue weighted by Crippen LogP contribution is 2.19. The van der Waals surface area contributed by atoms with E-state index in [4.69, 9.17) is 4.74 Å². The summed E-state index contributed by atoms with van der Waals surface area (Å²) in [6.07, 6.45) is 0.867. The average Bonchev–Trinajstić information content (AvgIpc) is 2.43. The fraction of sp³-hybridized carbons (Fsp3) is 0.562. The first kappa shape index (κ1) is 17.4. The third-order valence-electron chi connectivity index (χ3n) is 3.10. The van der Waals surface area contributed by atoms with Gasteiger partial charge in [-0.25, -0.2) is 4.39 Å². The Morgan fingerprint density at radius 3 is 2.67 bits per heavy atom. The van der Waals surface area contributed by atoms with Gasteiger partial charge in [0.15, 0.2) is 6.61 Å². The van der Waals surface area contributed by atoms with E-state index in [9.17, 15) is 9.18 Å². The van der Waals surface area contributed by atoms with Gasteiger partial charge in [-0.2, -0.15) is 0 Å². The molecule has 21 heavy (non-hydrogen) atoms. The van der Waals surface area contributed by atoms with Crippen LogP contribution >= 0.6 is 0 Å². The quantitative estimate of drug-likeness (QED) is 0.775. The number of benzene rings is 1. The first-order valence-corrected chi connectivity index (χ1v) is 7.36. The predicted octanol–water partition coefficient (Wildman–Crippen LogP) is 2.62. The maximum atomic E-state index is 13.3. The summed E-state index contributed by atoms with van der Waals surface area (Å²) in [5.74, 6) is 0.0484. The van der Waals surface area contributed by atoms with Crippen molar-refractivity contribution in [1.82, 2.24) is 10.6 Å². The standard InChI is InChI=1S/C16H25FN2O2/c1-5-12(4)19-16(20)10-21-15-7-6-14(17)8-13(15)9-18-11(2)3/h6-8,11-12,18H,5,9-10H2,1-4H3,(H,19,20). The summed E-state index contributed by atoms with van der Waals surface area (Å²) in [6, 6.07) is 4.73. The van der Waals surface area contributed by atoms with Crippen LogP contribution in [0.15, 0.2) is 18.2 Å². The smallest absolute Gasteiger partial charge is 0.258 e. The number of hydrogen-bond acceptors (Lipinski definition) is 3. The van der Waals surface area contributed by atoms with E-state index in [1.807, 2.05) is 27.7 Å². The summed E-state index contributed by atoms with van der Waals surface area (Å²) in [4.78, 5) is 11.7. The van der Waals surface area contributed by atoms with Crippen LogP contribution < -0.4 is 15.4 Å². The molecule has 1 rings (SSSR count). The van der Waals surface area contributed by atoms with Gasteiger partial charge in [-0.05, 0) is 31.5 Å². The van der Waals surface area contributed by atoms with Crippen molar-refractivity contribution in [2.45, 2.75) is 52.7 Å². The minimum absolute atomic E-state index is 0.0648. The van der Waals surface area contributed by atoms with Gasteiger partial charge in [0.1, 0.15) is 11.6 Å². The van der Waals surface area contributed by atoms with Crippen molar-refractivity contribution in [2.24, 2.45) is 0 Å². The van der Waals surface area contributed by atoms with Gasteiger partial charge in [0.05, 0.1) is 0 Å². The second-order valence-corrected chi connectivity index (χ2v) is 5.45. The zero-order valence-corrected chi connectivity index (χ0v) is 13.2. The molecule has 5 heteroatoms. The molecule has 0 saturated heterocycles. The van der Waals surface area contributed by atoms with Crippen LogP contribution in [0, 0.1) is 5.82 Å². The SMILES string of the molecule is CCC(C)NC(=O)COc1ccc(F)cc1CNC(C)C. The van der Waals surface area contributed by atoms with E-state index in [-0.39, 0.29) is 30.4 Å². The lowest BCUT2D eigenvalue weighted by Gasteiger charge is -2.15. The molecule has 1 aromatic carbocycles. The van der Waals surface area contributed by atoms with Crippen LogP contribution in [0.3, 0.4) is 0 Å². The number of amides is 1. The Kier molecular flexibility index (Phi) is 7.15. The molecule has 1 atom stereocenters. The van der Waals surface area contributed by atoms with Crippen LogP contribution in [0.2, 0.25) is 0 Å². The molecule has 0 aliphatic heterocycles. The third kappa shape index (κ3) is 6.58. The monoisotopic (exact) mass is 296 g/mol. The molecule has 1 aromatic rings. The fourth-order valence-electron chi connectivity index (χ4n) is 1.70. The van der Waals surface area contributed by atoms with Crippen molar-refractivity contribution in [3.63, 3.8) is 0 Å². The van der Waals surface area contributed by atoms with Crippen LogP contribution in [-0.4, -0.2) is 24.6 Å². The van der Waals surface area contributed by atoms with Crippen LogP contribution in [0.25, 0.3) is 0 Å². The summed E-state index contributed by atoms with van der Waals surface area (Å²) in [7, 11) is 0. The van der Waals surface area contributed by atoms with Gasteiger partial charge in [-0.15, -0.1) is 0 Å². The van der Waals surface area contributed by atoms with Crippen LogP contribution in [-0.2, 0) is 11.3 Å². The highest BCUT2D eigenvalue weighted by molar-refractivity contribution is 5.77. The van der Waals surface area contributed by atoms with Gasteiger partial charge in [0.2, 0.25) is 0 Å². The minimum Gasteiger partial charge on any atom is -0.483 e. The van der Waals surface area contributed by atoms with E-state index in [1.54, 1.807) is 6.07 Å². The molecule has 2 N–H and O–H groups in total. The number of hydrogen-bond donors (Lipinski definition) is 2. The molecule has 0 fully saturated rings. The van der Waals surface area contributed by atoms with Gasteiger partial charge >= 0.3 is 0 Å². The Bertz CT molecular complexity index is 464. The zero-order chi connectivity index (χ0) is 15.8. The minimum atomic E-state index is -0.313. The van der Waals surface area contributed by atoms with Crippen LogP contribution in [0.1, 0.15) is 39.7 Å². The third-order valence-corrected chi connectivity index (χ3v) is 3.10. The molecular formula is C16H25FN2O2. The second kappa shape index (κ2) is 8.62. The number of ether oxygens (including phenoxy) is 1. The van der Waals surface area contributed by atoms with Crippen molar-refractivity contribution >= 4 is 5.91 Å². The van der Waals surface area contributed by atoms with Gasteiger partial charge < -0.3 is 15.4 Å². The Labute approximate surface area is 126 Å². The molecule has 0 aromatic heterocycles. The second-order valence-electron chi connectivity index (χ2n) is 5.45. The van der Waals surface area contributed by atoms with Crippen molar-refractivity contribution in [1.29, 1.82) is 0 Å². The lowest BCUT2D eigenvalue weighted by molar-refractivity contribution is -0.123.